The molecule has 14 heavy (non-hydrogen) atoms. The van der Waals surface area contributed by atoms with E-state index in [1.165, 1.54) is 5.54 Å². The number of nitrogens with one attached hydrogen (secondary N) is 1. The molecule has 1 aromatic heterocycles. The molecule has 1 aromatic rings. The van der Waals surface area contributed by atoms with E-state index in [4.69, 9.17) is 23.2 Å². The Bertz CT molecular complexity index is 298. The standard InChI is InChI=1S/C10H12Cl2N2/c1-8(14-7-9(12)6-11)10-4-2-3-5-13-10/h2-6,8,14H,7H2,1H3/b9-6-/t8-/m1/s1. The molecular formula is C10H12Cl2N2. The van der Waals surface area contributed by atoms with Gasteiger partial charge in [0.05, 0.1) is 5.69 Å². The fraction of sp³-hybridized carbons (Fsp3) is 0.300. The van der Waals surface area contributed by atoms with Gasteiger partial charge in [-0.05, 0) is 19.1 Å². The van der Waals surface area contributed by atoms with Crippen molar-refractivity contribution in [3.05, 3.63) is 40.7 Å². The van der Waals surface area contributed by atoms with Crippen LogP contribution in [-0.4, -0.2) is 11.5 Å². The van der Waals surface area contributed by atoms with Crippen molar-refractivity contribution in [2.75, 3.05) is 6.54 Å². The average Bonchev–Trinajstić information content (AvgIpc) is 2.26. The van der Waals surface area contributed by atoms with Gasteiger partial charge in [-0.2, -0.15) is 0 Å². The molecule has 0 bridgehead atoms. The van der Waals surface area contributed by atoms with Crippen molar-refractivity contribution in [3.63, 3.8) is 0 Å². The van der Waals surface area contributed by atoms with E-state index in [0.29, 0.717) is 11.6 Å². The van der Waals surface area contributed by atoms with E-state index in [-0.39, 0.29) is 6.04 Å². The summed E-state index contributed by atoms with van der Waals surface area (Å²) in [5.74, 6) is 0. The van der Waals surface area contributed by atoms with Gasteiger partial charge in [-0.15, -0.1) is 0 Å². The summed E-state index contributed by atoms with van der Waals surface area (Å²) in [5, 5.41) is 3.79. The van der Waals surface area contributed by atoms with E-state index >= 15 is 0 Å². The van der Waals surface area contributed by atoms with Crippen LogP contribution in [0.25, 0.3) is 0 Å². The summed E-state index contributed by atoms with van der Waals surface area (Å²) in [5.41, 5.74) is 2.35. The predicted octanol–water partition coefficient (Wildman–Crippen LogP) is 3.05. The summed E-state index contributed by atoms with van der Waals surface area (Å²) >= 11 is 11.2. The van der Waals surface area contributed by atoms with Gasteiger partial charge in [0, 0.05) is 29.4 Å². The molecule has 76 valence electrons. The molecule has 1 atom stereocenters. The van der Waals surface area contributed by atoms with Crippen molar-refractivity contribution >= 4 is 23.2 Å². The minimum absolute atomic E-state index is 0.168. The van der Waals surface area contributed by atoms with Gasteiger partial charge in [-0.25, -0.2) is 0 Å². The zero-order valence-corrected chi connectivity index (χ0v) is 9.39. The fourth-order valence-corrected chi connectivity index (χ4v) is 1.18. The van der Waals surface area contributed by atoms with Gasteiger partial charge >= 0.3 is 0 Å². The van der Waals surface area contributed by atoms with Crippen LogP contribution in [-0.2, 0) is 0 Å². The van der Waals surface area contributed by atoms with Gasteiger partial charge in [0.2, 0.25) is 0 Å². The first-order valence-corrected chi connectivity index (χ1v) is 5.14. The Labute approximate surface area is 93.9 Å². The predicted molar refractivity (Wildman–Crippen MR) is 60.4 cm³/mol. The molecule has 0 aliphatic rings. The van der Waals surface area contributed by atoms with E-state index in [1.54, 1.807) is 6.20 Å². The molecular weight excluding hydrogens is 219 g/mol. The van der Waals surface area contributed by atoms with Gasteiger partial charge in [-0.1, -0.05) is 29.3 Å². The van der Waals surface area contributed by atoms with Crippen LogP contribution in [0.4, 0.5) is 0 Å². The number of hydrogen-bond donors (Lipinski definition) is 1. The first-order valence-electron chi connectivity index (χ1n) is 4.33. The molecule has 0 aromatic carbocycles. The maximum absolute atomic E-state index is 5.74. The highest BCUT2D eigenvalue weighted by molar-refractivity contribution is 6.36. The van der Waals surface area contributed by atoms with Gasteiger partial charge in [0.15, 0.2) is 0 Å². The molecule has 0 unspecified atom stereocenters. The fourth-order valence-electron chi connectivity index (χ4n) is 1.03. The average molecular weight is 231 g/mol. The third kappa shape index (κ3) is 3.66. The quantitative estimate of drug-likeness (QED) is 0.861. The van der Waals surface area contributed by atoms with Crippen LogP contribution in [0.3, 0.4) is 0 Å². The third-order valence-corrected chi connectivity index (χ3v) is 2.44. The minimum Gasteiger partial charge on any atom is -0.304 e. The van der Waals surface area contributed by atoms with Crippen LogP contribution >= 0.6 is 23.2 Å². The monoisotopic (exact) mass is 230 g/mol. The molecule has 0 spiro atoms. The Morgan fingerprint density at radius 3 is 3.00 bits per heavy atom. The highest BCUT2D eigenvalue weighted by atomic mass is 35.5. The molecule has 1 heterocycles. The molecule has 0 saturated carbocycles. The molecule has 0 saturated heterocycles. The molecule has 0 amide bonds. The Kier molecular flexibility index (Phi) is 4.94. The van der Waals surface area contributed by atoms with E-state index in [9.17, 15) is 0 Å². The first kappa shape index (κ1) is 11.5. The summed E-state index contributed by atoms with van der Waals surface area (Å²) in [4.78, 5) is 4.22. The molecule has 2 nitrogen and oxygen atoms in total. The van der Waals surface area contributed by atoms with Gasteiger partial charge in [0.1, 0.15) is 0 Å². The summed E-state index contributed by atoms with van der Waals surface area (Å²) in [7, 11) is 0. The van der Waals surface area contributed by atoms with Gasteiger partial charge < -0.3 is 5.32 Å². The van der Waals surface area contributed by atoms with Crippen molar-refractivity contribution in [2.24, 2.45) is 0 Å². The lowest BCUT2D eigenvalue weighted by atomic mass is 10.2. The van der Waals surface area contributed by atoms with Crippen LogP contribution in [0.5, 0.6) is 0 Å². The van der Waals surface area contributed by atoms with Crippen molar-refractivity contribution in [2.45, 2.75) is 13.0 Å². The van der Waals surface area contributed by atoms with E-state index in [1.807, 2.05) is 25.1 Å². The Morgan fingerprint density at radius 1 is 1.64 bits per heavy atom. The van der Waals surface area contributed by atoms with Crippen LogP contribution in [0.15, 0.2) is 35.0 Å². The van der Waals surface area contributed by atoms with E-state index in [0.717, 1.165) is 5.69 Å². The van der Waals surface area contributed by atoms with Crippen LogP contribution in [0, 0.1) is 0 Å². The second kappa shape index (κ2) is 6.02. The molecule has 4 heteroatoms. The highest BCUT2D eigenvalue weighted by Gasteiger charge is 2.04. The number of halogens is 2. The normalized spacial score (nSPS) is 14.1. The largest absolute Gasteiger partial charge is 0.304 e. The zero-order valence-electron chi connectivity index (χ0n) is 7.87. The molecule has 0 aliphatic heterocycles. The lowest BCUT2D eigenvalue weighted by molar-refractivity contribution is 0.598. The van der Waals surface area contributed by atoms with Crippen LogP contribution in [0.2, 0.25) is 0 Å². The van der Waals surface area contributed by atoms with E-state index < -0.39 is 0 Å². The lowest BCUT2D eigenvalue weighted by Crippen LogP contribution is -2.20. The molecule has 0 fully saturated rings. The number of hydrogen-bond acceptors (Lipinski definition) is 2. The van der Waals surface area contributed by atoms with Crippen LogP contribution in [0.1, 0.15) is 18.7 Å². The van der Waals surface area contributed by atoms with Crippen molar-refractivity contribution in [1.82, 2.24) is 10.3 Å². The van der Waals surface area contributed by atoms with E-state index in [2.05, 4.69) is 10.3 Å². The first-order chi connectivity index (χ1) is 6.74. The topological polar surface area (TPSA) is 24.9 Å². The third-order valence-electron chi connectivity index (χ3n) is 1.83. The molecule has 1 rings (SSSR count). The van der Waals surface area contributed by atoms with Crippen LogP contribution < -0.4 is 5.32 Å². The maximum Gasteiger partial charge on any atom is 0.0570 e. The van der Waals surface area contributed by atoms with Crippen molar-refractivity contribution < 1.29 is 0 Å². The van der Waals surface area contributed by atoms with Crippen molar-refractivity contribution in [3.8, 4) is 0 Å². The molecule has 0 radical (unpaired) electrons. The Hall–Kier alpha value is -0.570. The number of pyridine rings is 1. The smallest absolute Gasteiger partial charge is 0.0570 e. The minimum atomic E-state index is 0.168. The zero-order chi connectivity index (χ0) is 10.4. The second-order valence-electron chi connectivity index (χ2n) is 2.91. The lowest BCUT2D eigenvalue weighted by Gasteiger charge is -2.12. The number of nitrogens with zero attached hydrogens (tertiary/aromatic N) is 1. The number of aromatic nitrogens is 1. The highest BCUT2D eigenvalue weighted by Crippen LogP contribution is 2.09. The van der Waals surface area contributed by atoms with Crippen molar-refractivity contribution in [1.29, 1.82) is 0 Å². The molecule has 1 N–H and O–H groups in total. The SMILES string of the molecule is C[C@@H](NC/C(Cl)=C/Cl)c1ccccn1. The summed E-state index contributed by atoms with van der Waals surface area (Å²) in [6, 6.07) is 5.98. The summed E-state index contributed by atoms with van der Waals surface area (Å²) in [6.07, 6.45) is 1.77. The second-order valence-corrected chi connectivity index (χ2v) is 3.62. The van der Waals surface area contributed by atoms with Gasteiger partial charge in [-0.3, -0.25) is 4.98 Å². The number of rotatable bonds is 4. The molecule has 0 aliphatic carbocycles. The summed E-state index contributed by atoms with van der Waals surface area (Å²) in [6.45, 7) is 2.59. The van der Waals surface area contributed by atoms with Gasteiger partial charge in [0.25, 0.3) is 0 Å². The Balaban J connectivity index is 2.47. The Morgan fingerprint density at radius 2 is 2.43 bits per heavy atom. The summed E-state index contributed by atoms with van der Waals surface area (Å²) < 4.78 is 0. The maximum atomic E-state index is 5.74.